The Kier molecular flexibility index (Phi) is 5.09. The number of rotatable bonds is 6. The van der Waals surface area contributed by atoms with Gasteiger partial charge in [0.2, 0.25) is 5.13 Å². The summed E-state index contributed by atoms with van der Waals surface area (Å²) in [4.78, 5) is 0. The summed E-state index contributed by atoms with van der Waals surface area (Å²) in [6, 6.07) is 9.93. The Morgan fingerprint density at radius 2 is 1.85 bits per heavy atom. The molecule has 0 amide bonds. The van der Waals surface area contributed by atoms with Crippen molar-refractivity contribution >= 4 is 16.5 Å². The summed E-state index contributed by atoms with van der Waals surface area (Å²) in [5.74, 6) is 0.382. The molecule has 2 N–H and O–H groups in total. The number of nitrogens with zero attached hydrogens (tertiary/aromatic N) is 2. The fraction of sp³-hybridized carbons (Fsp3) is 0.467. The zero-order valence-corrected chi connectivity index (χ0v) is 12.9. The molecule has 0 spiro atoms. The molecule has 0 aliphatic rings. The number of nitrogens with one attached hydrogen (secondary N) is 1. The van der Waals surface area contributed by atoms with Crippen molar-refractivity contribution in [3.8, 4) is 0 Å². The van der Waals surface area contributed by atoms with E-state index >= 15 is 0 Å². The van der Waals surface area contributed by atoms with Gasteiger partial charge in [-0.3, -0.25) is 0 Å². The summed E-state index contributed by atoms with van der Waals surface area (Å²) in [5.41, 5.74) is 1.13. The van der Waals surface area contributed by atoms with Gasteiger partial charge in [0.05, 0.1) is 12.1 Å². The first-order chi connectivity index (χ1) is 9.56. The minimum Gasteiger partial charge on any atom is -0.391 e. The van der Waals surface area contributed by atoms with E-state index in [0.29, 0.717) is 12.3 Å². The number of hydrogen-bond donors (Lipinski definition) is 2. The molecule has 0 aliphatic heterocycles. The number of benzene rings is 1. The highest BCUT2D eigenvalue weighted by Gasteiger charge is 2.17. The molecule has 108 valence electrons. The lowest BCUT2D eigenvalue weighted by molar-refractivity contribution is 0.158. The van der Waals surface area contributed by atoms with Crippen LogP contribution in [0, 0.1) is 0 Å². The molecule has 2 aromatic rings. The molecule has 1 aromatic heterocycles. The van der Waals surface area contributed by atoms with Gasteiger partial charge < -0.3 is 10.4 Å². The van der Waals surface area contributed by atoms with Gasteiger partial charge >= 0.3 is 0 Å². The summed E-state index contributed by atoms with van der Waals surface area (Å²) < 4.78 is 0. The molecule has 4 nitrogen and oxygen atoms in total. The molecule has 0 radical (unpaired) electrons. The molecule has 20 heavy (non-hydrogen) atoms. The van der Waals surface area contributed by atoms with Gasteiger partial charge in [-0.05, 0) is 12.5 Å². The van der Waals surface area contributed by atoms with Crippen molar-refractivity contribution in [1.82, 2.24) is 10.2 Å². The van der Waals surface area contributed by atoms with Gasteiger partial charge in [0.15, 0.2) is 0 Å². The van der Waals surface area contributed by atoms with Crippen LogP contribution in [0.25, 0.3) is 0 Å². The maximum Gasteiger partial charge on any atom is 0.205 e. The van der Waals surface area contributed by atoms with E-state index < -0.39 is 6.10 Å². The van der Waals surface area contributed by atoms with Gasteiger partial charge in [0, 0.05) is 12.3 Å². The van der Waals surface area contributed by atoms with Crippen molar-refractivity contribution in [2.75, 3.05) is 5.32 Å². The fourth-order valence-corrected chi connectivity index (χ4v) is 2.69. The first kappa shape index (κ1) is 14.9. The number of hydrogen-bond acceptors (Lipinski definition) is 5. The molecule has 2 rings (SSSR count). The molecule has 1 heterocycles. The second-order valence-electron chi connectivity index (χ2n) is 5.29. The Bertz CT molecular complexity index is 527. The summed E-state index contributed by atoms with van der Waals surface area (Å²) in [6.07, 6.45) is 0.175. The van der Waals surface area contributed by atoms with Gasteiger partial charge in [0.25, 0.3) is 0 Å². The monoisotopic (exact) mass is 291 g/mol. The Morgan fingerprint density at radius 3 is 2.45 bits per heavy atom. The normalized spacial score (nSPS) is 14.2. The van der Waals surface area contributed by atoms with E-state index in [1.165, 1.54) is 0 Å². The van der Waals surface area contributed by atoms with Crippen LogP contribution in [-0.2, 0) is 6.42 Å². The molecule has 0 saturated carbocycles. The molecular weight excluding hydrogens is 270 g/mol. The molecule has 2 unspecified atom stereocenters. The van der Waals surface area contributed by atoms with Crippen LogP contribution in [0.1, 0.15) is 37.3 Å². The Hall–Kier alpha value is -1.46. The third-order valence-corrected chi connectivity index (χ3v) is 4.31. The van der Waals surface area contributed by atoms with Crippen LogP contribution in [0.4, 0.5) is 5.13 Å². The summed E-state index contributed by atoms with van der Waals surface area (Å²) in [5, 5.41) is 23.5. The van der Waals surface area contributed by atoms with Gasteiger partial charge in [-0.25, -0.2) is 0 Å². The molecule has 0 saturated heterocycles. The highest BCUT2D eigenvalue weighted by atomic mass is 32.1. The van der Waals surface area contributed by atoms with Crippen LogP contribution in [0.3, 0.4) is 0 Å². The molecule has 1 aromatic carbocycles. The van der Waals surface area contributed by atoms with Crippen molar-refractivity contribution in [2.24, 2.45) is 0 Å². The third-order valence-electron chi connectivity index (χ3n) is 3.15. The predicted octanol–water partition coefficient (Wildman–Crippen LogP) is 3.07. The van der Waals surface area contributed by atoms with Crippen LogP contribution in [-0.4, -0.2) is 27.4 Å². The zero-order valence-electron chi connectivity index (χ0n) is 12.1. The average Bonchev–Trinajstić information content (AvgIpc) is 2.88. The second-order valence-corrected chi connectivity index (χ2v) is 6.30. The van der Waals surface area contributed by atoms with E-state index in [4.69, 9.17) is 0 Å². The van der Waals surface area contributed by atoms with Crippen LogP contribution in [0.15, 0.2) is 30.3 Å². The molecule has 0 bridgehead atoms. The lowest BCUT2D eigenvalue weighted by Crippen LogP contribution is -2.32. The van der Waals surface area contributed by atoms with Gasteiger partial charge in [-0.2, -0.15) is 0 Å². The van der Waals surface area contributed by atoms with E-state index in [1.54, 1.807) is 11.3 Å². The molecular formula is C15H21N3OS. The smallest absolute Gasteiger partial charge is 0.205 e. The Morgan fingerprint density at radius 1 is 1.15 bits per heavy atom. The van der Waals surface area contributed by atoms with Gasteiger partial charge in [0.1, 0.15) is 5.01 Å². The topological polar surface area (TPSA) is 58.0 Å². The van der Waals surface area contributed by atoms with Gasteiger partial charge in [-0.15, -0.1) is 10.2 Å². The van der Waals surface area contributed by atoms with Gasteiger partial charge in [-0.1, -0.05) is 55.5 Å². The first-order valence-electron chi connectivity index (χ1n) is 6.88. The maximum absolute atomic E-state index is 10.2. The van der Waals surface area contributed by atoms with Crippen LogP contribution < -0.4 is 5.32 Å². The average molecular weight is 291 g/mol. The van der Waals surface area contributed by atoms with Crippen LogP contribution in [0.5, 0.6) is 0 Å². The van der Waals surface area contributed by atoms with E-state index in [0.717, 1.165) is 15.7 Å². The molecule has 0 fully saturated rings. The van der Waals surface area contributed by atoms with E-state index in [-0.39, 0.29) is 6.04 Å². The van der Waals surface area contributed by atoms with Crippen molar-refractivity contribution in [1.29, 1.82) is 0 Å². The lowest BCUT2D eigenvalue weighted by Gasteiger charge is -2.19. The minimum atomic E-state index is -0.455. The third kappa shape index (κ3) is 4.02. The molecule has 0 aliphatic carbocycles. The molecule has 2 atom stereocenters. The molecule has 5 heteroatoms. The predicted molar refractivity (Wildman–Crippen MR) is 83.2 cm³/mol. The van der Waals surface area contributed by atoms with Crippen molar-refractivity contribution in [3.63, 3.8) is 0 Å². The van der Waals surface area contributed by atoms with Crippen molar-refractivity contribution in [3.05, 3.63) is 40.9 Å². The highest BCUT2D eigenvalue weighted by Crippen LogP contribution is 2.23. The number of anilines is 1. The zero-order chi connectivity index (χ0) is 14.5. The maximum atomic E-state index is 10.2. The summed E-state index contributed by atoms with van der Waals surface area (Å²) >= 11 is 1.55. The highest BCUT2D eigenvalue weighted by molar-refractivity contribution is 7.15. The van der Waals surface area contributed by atoms with Crippen LogP contribution >= 0.6 is 11.3 Å². The standard InChI is InChI=1S/C15H21N3OS/c1-10(2)14-17-18-15(20-14)16-11(3)13(19)9-12-7-5-4-6-8-12/h4-8,10-11,13,19H,9H2,1-3H3,(H,16,18). The second kappa shape index (κ2) is 6.81. The van der Waals surface area contributed by atoms with Crippen molar-refractivity contribution in [2.45, 2.75) is 45.3 Å². The minimum absolute atomic E-state index is 0.0665. The fourth-order valence-electron chi connectivity index (χ4n) is 1.85. The van der Waals surface area contributed by atoms with E-state index in [9.17, 15) is 5.11 Å². The van der Waals surface area contributed by atoms with Crippen molar-refractivity contribution < 1.29 is 5.11 Å². The summed E-state index contributed by atoms with van der Waals surface area (Å²) in [6.45, 7) is 6.15. The largest absolute Gasteiger partial charge is 0.391 e. The number of aliphatic hydroxyl groups excluding tert-OH is 1. The SMILES string of the molecule is CC(C)c1nnc(NC(C)C(O)Cc2ccccc2)s1. The van der Waals surface area contributed by atoms with E-state index in [2.05, 4.69) is 29.4 Å². The first-order valence-corrected chi connectivity index (χ1v) is 7.70. The lowest BCUT2D eigenvalue weighted by atomic mass is 10.0. The van der Waals surface area contributed by atoms with Crippen LogP contribution in [0.2, 0.25) is 0 Å². The number of aliphatic hydroxyl groups is 1. The summed E-state index contributed by atoms with van der Waals surface area (Å²) in [7, 11) is 0. The number of aromatic nitrogens is 2. The Balaban J connectivity index is 1.91. The Labute approximate surface area is 123 Å². The van der Waals surface area contributed by atoms with E-state index in [1.807, 2.05) is 37.3 Å². The quantitative estimate of drug-likeness (QED) is 0.859.